The van der Waals surface area contributed by atoms with E-state index >= 15 is 0 Å². The largest absolute Gasteiger partial charge is 0.493 e. The Kier molecular flexibility index (Phi) is 4.11. The van der Waals surface area contributed by atoms with Gasteiger partial charge in [0.15, 0.2) is 5.96 Å². The van der Waals surface area contributed by atoms with Gasteiger partial charge in [0.05, 0.1) is 24.9 Å². The molecule has 0 radical (unpaired) electrons. The van der Waals surface area contributed by atoms with Gasteiger partial charge in [-0.3, -0.25) is 0 Å². The molecule has 3 N–H and O–H groups in total. The summed E-state index contributed by atoms with van der Waals surface area (Å²) in [6, 6.07) is 8.22. The van der Waals surface area contributed by atoms with E-state index in [1.165, 1.54) is 18.7 Å². The summed E-state index contributed by atoms with van der Waals surface area (Å²) in [7, 11) is 0. The summed E-state index contributed by atoms with van der Waals surface area (Å²) in [5.74, 6) is 2.56. The SMILES string of the molecule is NC(=NCc1cn2c(n1)CCCC2)NC1CCOc2ccccc21. The number of para-hydroxylation sites is 1. The van der Waals surface area contributed by atoms with E-state index in [4.69, 9.17) is 10.5 Å². The Morgan fingerprint density at radius 2 is 2.29 bits per heavy atom. The van der Waals surface area contributed by atoms with E-state index < -0.39 is 0 Å². The van der Waals surface area contributed by atoms with Crippen LogP contribution in [0.5, 0.6) is 5.75 Å². The first-order valence-corrected chi connectivity index (χ1v) is 8.63. The Morgan fingerprint density at radius 1 is 1.38 bits per heavy atom. The smallest absolute Gasteiger partial charge is 0.189 e. The highest BCUT2D eigenvalue weighted by molar-refractivity contribution is 5.78. The van der Waals surface area contributed by atoms with Gasteiger partial charge in [-0.1, -0.05) is 18.2 Å². The second-order valence-corrected chi connectivity index (χ2v) is 6.37. The van der Waals surface area contributed by atoms with Gasteiger partial charge < -0.3 is 20.4 Å². The minimum atomic E-state index is 0.147. The molecule has 0 aliphatic carbocycles. The Bertz CT molecular complexity index is 728. The molecule has 2 aliphatic heterocycles. The van der Waals surface area contributed by atoms with Crippen molar-refractivity contribution < 1.29 is 4.74 Å². The number of nitrogens with one attached hydrogen (secondary N) is 1. The lowest BCUT2D eigenvalue weighted by Crippen LogP contribution is -2.37. The molecule has 24 heavy (non-hydrogen) atoms. The normalized spacial score (nSPS) is 20.0. The van der Waals surface area contributed by atoms with Crippen LogP contribution in [0, 0.1) is 0 Å². The van der Waals surface area contributed by atoms with Crippen LogP contribution >= 0.6 is 0 Å². The van der Waals surface area contributed by atoms with Gasteiger partial charge in [-0.2, -0.15) is 0 Å². The lowest BCUT2D eigenvalue weighted by atomic mass is 10.0. The van der Waals surface area contributed by atoms with Crippen LogP contribution in [0.1, 0.15) is 42.4 Å². The number of hydrogen-bond donors (Lipinski definition) is 2. The molecule has 6 nitrogen and oxygen atoms in total. The molecule has 1 aromatic carbocycles. The number of ether oxygens (including phenoxy) is 1. The van der Waals surface area contributed by atoms with Crippen LogP contribution in [0.3, 0.4) is 0 Å². The van der Waals surface area contributed by atoms with Crippen LogP contribution in [0.15, 0.2) is 35.5 Å². The van der Waals surface area contributed by atoms with Crippen molar-refractivity contribution in [3.8, 4) is 5.75 Å². The lowest BCUT2D eigenvalue weighted by molar-refractivity contribution is 0.262. The molecule has 1 atom stereocenters. The minimum absolute atomic E-state index is 0.147. The minimum Gasteiger partial charge on any atom is -0.493 e. The summed E-state index contributed by atoms with van der Waals surface area (Å²) in [5, 5.41) is 3.32. The molecular weight excluding hydrogens is 302 g/mol. The van der Waals surface area contributed by atoms with Crippen molar-refractivity contribution in [2.24, 2.45) is 10.7 Å². The molecule has 126 valence electrons. The number of hydrogen-bond acceptors (Lipinski definition) is 3. The summed E-state index contributed by atoms with van der Waals surface area (Å²) < 4.78 is 7.92. The van der Waals surface area contributed by atoms with Gasteiger partial charge >= 0.3 is 0 Å². The van der Waals surface area contributed by atoms with Crippen LogP contribution < -0.4 is 15.8 Å². The van der Waals surface area contributed by atoms with Gasteiger partial charge in [-0.25, -0.2) is 9.98 Å². The third-order valence-corrected chi connectivity index (χ3v) is 4.65. The number of benzene rings is 1. The molecule has 6 heteroatoms. The van der Waals surface area contributed by atoms with Crippen LogP contribution in [-0.2, 0) is 19.5 Å². The Balaban J connectivity index is 1.42. The van der Waals surface area contributed by atoms with Crippen molar-refractivity contribution in [1.29, 1.82) is 0 Å². The molecule has 0 fully saturated rings. The number of aryl methyl sites for hydroxylation is 2. The fourth-order valence-electron chi connectivity index (χ4n) is 3.43. The molecule has 2 aromatic rings. The number of nitrogens with two attached hydrogens (primary N) is 1. The maximum Gasteiger partial charge on any atom is 0.189 e. The Morgan fingerprint density at radius 3 is 3.21 bits per heavy atom. The lowest BCUT2D eigenvalue weighted by Gasteiger charge is -2.26. The Hall–Kier alpha value is -2.50. The first-order chi connectivity index (χ1) is 11.8. The highest BCUT2D eigenvalue weighted by Gasteiger charge is 2.21. The third kappa shape index (κ3) is 3.09. The molecule has 0 saturated carbocycles. The van der Waals surface area contributed by atoms with Crippen LogP contribution in [0.2, 0.25) is 0 Å². The fourth-order valence-corrected chi connectivity index (χ4v) is 3.43. The highest BCUT2D eigenvalue weighted by Crippen LogP contribution is 2.31. The van der Waals surface area contributed by atoms with Crippen molar-refractivity contribution >= 4 is 5.96 Å². The number of aromatic nitrogens is 2. The molecule has 0 bridgehead atoms. The molecule has 4 rings (SSSR count). The third-order valence-electron chi connectivity index (χ3n) is 4.65. The predicted octanol–water partition coefficient (Wildman–Crippen LogP) is 2.15. The summed E-state index contributed by atoms with van der Waals surface area (Å²) in [6.07, 6.45) is 6.52. The number of aliphatic imine (C=N–C) groups is 1. The van der Waals surface area contributed by atoms with Gasteiger partial charge in [0.2, 0.25) is 0 Å². The van der Waals surface area contributed by atoms with E-state index in [-0.39, 0.29) is 6.04 Å². The number of rotatable bonds is 3. The van der Waals surface area contributed by atoms with Crippen molar-refractivity contribution in [3.05, 3.63) is 47.5 Å². The molecule has 0 spiro atoms. The van der Waals surface area contributed by atoms with Crippen LogP contribution in [0.25, 0.3) is 0 Å². The summed E-state index contributed by atoms with van der Waals surface area (Å²) in [5.41, 5.74) is 8.22. The predicted molar refractivity (Wildman–Crippen MR) is 92.9 cm³/mol. The van der Waals surface area contributed by atoms with Crippen LogP contribution in [0.4, 0.5) is 0 Å². The van der Waals surface area contributed by atoms with E-state index in [1.807, 2.05) is 18.2 Å². The number of fused-ring (bicyclic) bond motifs is 2. The second kappa shape index (κ2) is 6.55. The van der Waals surface area contributed by atoms with E-state index in [0.29, 0.717) is 19.1 Å². The number of guanidine groups is 1. The standard InChI is InChI=1S/C18H23N5O/c19-18(20-11-13-12-23-9-4-3-7-17(23)21-13)22-15-8-10-24-16-6-2-1-5-14(15)16/h1-2,5-6,12,15H,3-4,7-11H2,(H3,19,20,22). The van der Waals surface area contributed by atoms with E-state index in [2.05, 4.69) is 32.1 Å². The van der Waals surface area contributed by atoms with E-state index in [0.717, 1.165) is 36.4 Å². The Labute approximate surface area is 141 Å². The van der Waals surface area contributed by atoms with Gasteiger partial charge in [-0.05, 0) is 18.9 Å². The zero-order valence-electron chi connectivity index (χ0n) is 13.7. The molecular formula is C18H23N5O. The van der Waals surface area contributed by atoms with Crippen molar-refractivity contribution in [2.75, 3.05) is 6.61 Å². The molecule has 1 aromatic heterocycles. The number of imidazole rings is 1. The van der Waals surface area contributed by atoms with Crippen molar-refractivity contribution in [2.45, 2.75) is 44.8 Å². The first-order valence-electron chi connectivity index (χ1n) is 8.63. The van der Waals surface area contributed by atoms with E-state index in [1.54, 1.807) is 0 Å². The highest BCUT2D eigenvalue weighted by atomic mass is 16.5. The van der Waals surface area contributed by atoms with Gasteiger partial charge in [0, 0.05) is 31.1 Å². The topological polar surface area (TPSA) is 77.5 Å². The van der Waals surface area contributed by atoms with E-state index in [9.17, 15) is 0 Å². The quantitative estimate of drug-likeness (QED) is 0.669. The average molecular weight is 325 g/mol. The summed E-state index contributed by atoms with van der Waals surface area (Å²) >= 11 is 0. The summed E-state index contributed by atoms with van der Waals surface area (Å²) in [6.45, 7) is 2.28. The molecule has 0 saturated heterocycles. The van der Waals surface area contributed by atoms with Crippen LogP contribution in [-0.4, -0.2) is 22.1 Å². The second-order valence-electron chi connectivity index (χ2n) is 6.37. The zero-order chi connectivity index (χ0) is 16.4. The number of nitrogens with zero attached hydrogens (tertiary/aromatic N) is 3. The summed E-state index contributed by atoms with van der Waals surface area (Å²) in [4.78, 5) is 9.13. The maximum absolute atomic E-state index is 6.10. The fraction of sp³-hybridized carbons (Fsp3) is 0.444. The van der Waals surface area contributed by atoms with Crippen molar-refractivity contribution in [1.82, 2.24) is 14.9 Å². The average Bonchev–Trinajstić information content (AvgIpc) is 3.03. The molecule has 2 aliphatic rings. The first kappa shape index (κ1) is 15.1. The van der Waals surface area contributed by atoms with Gasteiger partial charge in [0.1, 0.15) is 11.6 Å². The monoisotopic (exact) mass is 325 g/mol. The molecule has 0 amide bonds. The zero-order valence-corrected chi connectivity index (χ0v) is 13.7. The molecule has 1 unspecified atom stereocenters. The molecule has 3 heterocycles. The van der Waals surface area contributed by atoms with Gasteiger partial charge in [0.25, 0.3) is 0 Å². The van der Waals surface area contributed by atoms with Gasteiger partial charge in [-0.15, -0.1) is 0 Å². The van der Waals surface area contributed by atoms with Crippen molar-refractivity contribution in [3.63, 3.8) is 0 Å². The maximum atomic E-state index is 6.10.